The molecular formula is C26H31N5O4. The highest BCUT2D eigenvalue weighted by molar-refractivity contribution is 5.95. The molecule has 2 aromatic carbocycles. The number of hydrogen-bond acceptors (Lipinski definition) is 6. The molecule has 9 nitrogen and oxygen atoms in total. The van der Waals surface area contributed by atoms with Crippen LogP contribution < -0.4 is 14.8 Å². The van der Waals surface area contributed by atoms with Crippen molar-refractivity contribution >= 4 is 11.8 Å². The lowest BCUT2D eigenvalue weighted by molar-refractivity contribution is -0.134. The van der Waals surface area contributed by atoms with Gasteiger partial charge in [0, 0.05) is 18.7 Å². The summed E-state index contributed by atoms with van der Waals surface area (Å²) in [5.74, 6) is 0.634. The van der Waals surface area contributed by atoms with Gasteiger partial charge in [0.25, 0.3) is 11.8 Å². The van der Waals surface area contributed by atoms with E-state index in [2.05, 4.69) is 15.4 Å². The third-order valence-electron chi connectivity index (χ3n) is 5.99. The summed E-state index contributed by atoms with van der Waals surface area (Å²) in [5.41, 5.74) is 2.30. The molecule has 0 bridgehead atoms. The SMILES string of the molecule is CCOc1cc(C(=O)N[C@@H](C)c2ccc(-n3cncn3)cc2)ccc1OCC(=O)N1CCCCC1. The number of rotatable bonds is 9. The van der Waals surface area contributed by atoms with E-state index >= 15 is 0 Å². The molecule has 0 saturated carbocycles. The number of amides is 2. The molecule has 1 fully saturated rings. The Morgan fingerprint density at radius 3 is 2.49 bits per heavy atom. The van der Waals surface area contributed by atoms with E-state index in [9.17, 15) is 9.59 Å². The van der Waals surface area contributed by atoms with Gasteiger partial charge in [-0.1, -0.05) is 12.1 Å². The second kappa shape index (κ2) is 11.5. The Hall–Kier alpha value is -3.88. The van der Waals surface area contributed by atoms with E-state index < -0.39 is 0 Å². The highest BCUT2D eigenvalue weighted by Crippen LogP contribution is 2.29. The fourth-order valence-corrected chi connectivity index (χ4v) is 4.03. The third kappa shape index (κ3) is 6.17. The van der Waals surface area contributed by atoms with Gasteiger partial charge in [-0.05, 0) is 69.0 Å². The lowest BCUT2D eigenvalue weighted by atomic mass is 10.1. The Kier molecular flexibility index (Phi) is 7.97. The molecule has 0 spiro atoms. The molecule has 9 heteroatoms. The zero-order chi connectivity index (χ0) is 24.6. The van der Waals surface area contributed by atoms with Crippen LogP contribution in [0, 0.1) is 0 Å². The second-order valence-electron chi connectivity index (χ2n) is 8.45. The Balaban J connectivity index is 1.38. The standard InChI is InChI=1S/C26H31N5O4/c1-3-34-24-15-21(9-12-23(24)35-16-25(32)30-13-5-4-6-14-30)26(33)29-19(2)20-7-10-22(11-8-20)31-18-27-17-28-31/h7-12,15,17-19H,3-6,13-14,16H2,1-2H3,(H,29,33)/t19-/m0/s1. The predicted molar refractivity (Wildman–Crippen MR) is 131 cm³/mol. The third-order valence-corrected chi connectivity index (χ3v) is 5.99. The fraction of sp³-hybridized carbons (Fsp3) is 0.385. The van der Waals surface area contributed by atoms with E-state index in [4.69, 9.17) is 9.47 Å². The molecule has 0 unspecified atom stereocenters. The smallest absolute Gasteiger partial charge is 0.260 e. The van der Waals surface area contributed by atoms with Gasteiger partial charge in [0.2, 0.25) is 0 Å². The van der Waals surface area contributed by atoms with Crippen LogP contribution in [-0.4, -0.2) is 57.8 Å². The van der Waals surface area contributed by atoms with Crippen LogP contribution in [0.1, 0.15) is 55.1 Å². The van der Waals surface area contributed by atoms with Crippen LogP contribution in [0.2, 0.25) is 0 Å². The average Bonchev–Trinajstić information content (AvgIpc) is 3.43. The number of ether oxygens (including phenoxy) is 2. The first-order valence-corrected chi connectivity index (χ1v) is 12.0. The van der Waals surface area contributed by atoms with E-state index in [1.807, 2.05) is 43.0 Å². The lowest BCUT2D eigenvalue weighted by Crippen LogP contribution is -2.38. The van der Waals surface area contributed by atoms with Crippen LogP contribution in [0.3, 0.4) is 0 Å². The van der Waals surface area contributed by atoms with Gasteiger partial charge in [0.1, 0.15) is 12.7 Å². The molecule has 2 amide bonds. The molecule has 1 saturated heterocycles. The summed E-state index contributed by atoms with van der Waals surface area (Å²) in [5, 5.41) is 7.14. The number of piperidine rings is 1. The van der Waals surface area contributed by atoms with Crippen LogP contribution in [-0.2, 0) is 4.79 Å². The number of nitrogens with zero attached hydrogens (tertiary/aromatic N) is 4. The summed E-state index contributed by atoms with van der Waals surface area (Å²) in [6.07, 6.45) is 6.34. The van der Waals surface area contributed by atoms with Gasteiger partial charge in [-0.2, -0.15) is 5.10 Å². The van der Waals surface area contributed by atoms with Crippen LogP contribution in [0.15, 0.2) is 55.1 Å². The molecule has 35 heavy (non-hydrogen) atoms. The first kappa shape index (κ1) is 24.3. The minimum Gasteiger partial charge on any atom is -0.490 e. The summed E-state index contributed by atoms with van der Waals surface area (Å²) in [6, 6.07) is 12.6. The van der Waals surface area contributed by atoms with Crippen LogP contribution in [0.25, 0.3) is 5.69 Å². The zero-order valence-electron chi connectivity index (χ0n) is 20.1. The van der Waals surface area contributed by atoms with Gasteiger partial charge < -0.3 is 19.7 Å². The lowest BCUT2D eigenvalue weighted by Gasteiger charge is -2.26. The topological polar surface area (TPSA) is 98.6 Å². The van der Waals surface area contributed by atoms with Crippen molar-refractivity contribution in [2.45, 2.75) is 39.2 Å². The van der Waals surface area contributed by atoms with Gasteiger partial charge in [0.05, 0.1) is 18.3 Å². The quantitative estimate of drug-likeness (QED) is 0.506. The summed E-state index contributed by atoms with van der Waals surface area (Å²) in [7, 11) is 0. The Bertz CT molecular complexity index is 1130. The fourth-order valence-electron chi connectivity index (χ4n) is 4.03. The van der Waals surface area contributed by atoms with Gasteiger partial charge >= 0.3 is 0 Å². The van der Waals surface area contributed by atoms with Crippen molar-refractivity contribution in [1.29, 1.82) is 0 Å². The molecule has 1 atom stereocenters. The van der Waals surface area contributed by atoms with Gasteiger partial charge in [-0.3, -0.25) is 9.59 Å². The highest BCUT2D eigenvalue weighted by atomic mass is 16.5. The maximum absolute atomic E-state index is 12.9. The number of carbonyl (C=O) groups excluding carboxylic acids is 2. The van der Waals surface area contributed by atoms with E-state index in [-0.39, 0.29) is 24.5 Å². The largest absolute Gasteiger partial charge is 0.490 e. The van der Waals surface area contributed by atoms with Crippen molar-refractivity contribution in [3.8, 4) is 17.2 Å². The first-order valence-electron chi connectivity index (χ1n) is 12.0. The molecule has 184 valence electrons. The molecule has 1 aromatic heterocycles. The van der Waals surface area contributed by atoms with Crippen molar-refractivity contribution < 1.29 is 19.1 Å². The number of nitrogens with one attached hydrogen (secondary N) is 1. The first-order chi connectivity index (χ1) is 17.0. The van der Waals surface area contributed by atoms with E-state index in [1.54, 1.807) is 29.2 Å². The maximum atomic E-state index is 12.9. The molecule has 0 aliphatic carbocycles. The number of aromatic nitrogens is 3. The number of likely N-dealkylation sites (tertiary alicyclic amines) is 1. The normalized spacial score (nSPS) is 14.3. The highest BCUT2D eigenvalue weighted by Gasteiger charge is 2.19. The maximum Gasteiger partial charge on any atom is 0.260 e. The van der Waals surface area contributed by atoms with Gasteiger partial charge in [-0.25, -0.2) is 9.67 Å². The van der Waals surface area contributed by atoms with Gasteiger partial charge in [-0.15, -0.1) is 0 Å². The van der Waals surface area contributed by atoms with E-state index in [0.717, 1.165) is 43.6 Å². The van der Waals surface area contributed by atoms with Crippen molar-refractivity contribution in [2.24, 2.45) is 0 Å². The zero-order valence-corrected chi connectivity index (χ0v) is 20.1. The van der Waals surface area contributed by atoms with Crippen LogP contribution in [0.5, 0.6) is 11.5 Å². The number of benzene rings is 2. The predicted octanol–water partition coefficient (Wildman–Crippen LogP) is 3.55. The molecule has 0 radical (unpaired) electrons. The van der Waals surface area contributed by atoms with Crippen LogP contribution >= 0.6 is 0 Å². The Morgan fingerprint density at radius 2 is 1.80 bits per heavy atom. The molecule has 1 aliphatic heterocycles. The Labute approximate surface area is 205 Å². The van der Waals surface area contributed by atoms with Crippen molar-refractivity contribution in [3.05, 3.63) is 66.2 Å². The molecular weight excluding hydrogens is 446 g/mol. The van der Waals surface area contributed by atoms with E-state index in [1.165, 1.54) is 6.33 Å². The molecule has 3 aromatic rings. The summed E-state index contributed by atoms with van der Waals surface area (Å²) in [6.45, 7) is 5.71. The summed E-state index contributed by atoms with van der Waals surface area (Å²) < 4.78 is 13.1. The van der Waals surface area contributed by atoms with Gasteiger partial charge in [0.15, 0.2) is 18.1 Å². The van der Waals surface area contributed by atoms with Crippen molar-refractivity contribution in [3.63, 3.8) is 0 Å². The monoisotopic (exact) mass is 477 g/mol. The van der Waals surface area contributed by atoms with E-state index in [0.29, 0.717) is 23.7 Å². The summed E-state index contributed by atoms with van der Waals surface area (Å²) in [4.78, 5) is 31.2. The molecule has 2 heterocycles. The average molecular weight is 478 g/mol. The Morgan fingerprint density at radius 1 is 1.03 bits per heavy atom. The molecule has 1 N–H and O–H groups in total. The summed E-state index contributed by atoms with van der Waals surface area (Å²) >= 11 is 0. The second-order valence-corrected chi connectivity index (χ2v) is 8.45. The minimum atomic E-state index is -0.227. The molecule has 4 rings (SSSR count). The molecule has 1 aliphatic rings. The van der Waals surface area contributed by atoms with Crippen molar-refractivity contribution in [1.82, 2.24) is 25.0 Å². The number of carbonyl (C=O) groups is 2. The van der Waals surface area contributed by atoms with Crippen molar-refractivity contribution in [2.75, 3.05) is 26.3 Å². The number of hydrogen-bond donors (Lipinski definition) is 1. The minimum absolute atomic E-state index is 0.0300. The van der Waals surface area contributed by atoms with Crippen LogP contribution in [0.4, 0.5) is 0 Å².